The summed E-state index contributed by atoms with van der Waals surface area (Å²) in [7, 11) is 0. The number of aryl methyl sites for hydroxylation is 1. The Morgan fingerprint density at radius 3 is 2.67 bits per heavy atom. The minimum absolute atomic E-state index is 0.0534. The second-order valence-corrected chi connectivity index (χ2v) is 9.66. The number of morpholine rings is 1. The van der Waals surface area contributed by atoms with Crippen molar-refractivity contribution in [3.63, 3.8) is 0 Å². The first kappa shape index (κ1) is 23.4. The van der Waals surface area contributed by atoms with Crippen LogP contribution in [-0.4, -0.2) is 48.7 Å². The van der Waals surface area contributed by atoms with Gasteiger partial charge in [-0.15, -0.1) is 0 Å². The molecule has 1 aliphatic heterocycles. The van der Waals surface area contributed by atoms with Crippen molar-refractivity contribution >= 4 is 22.4 Å². The highest BCUT2D eigenvalue weighted by Crippen LogP contribution is 2.32. The molecule has 174 valence electrons. The van der Waals surface area contributed by atoms with E-state index in [0.29, 0.717) is 11.0 Å². The van der Waals surface area contributed by atoms with Gasteiger partial charge in [-0.25, -0.2) is 4.98 Å². The molecule has 1 amide bonds. The fourth-order valence-electron chi connectivity index (χ4n) is 3.84. The van der Waals surface area contributed by atoms with Gasteiger partial charge in [0.2, 0.25) is 0 Å². The van der Waals surface area contributed by atoms with Crippen molar-refractivity contribution in [2.75, 3.05) is 38.2 Å². The number of rotatable bonds is 8. The fourth-order valence-corrected chi connectivity index (χ4v) is 4.88. The first-order valence-corrected chi connectivity index (χ1v) is 12.2. The van der Waals surface area contributed by atoms with Crippen LogP contribution in [0.4, 0.5) is 5.13 Å². The van der Waals surface area contributed by atoms with Gasteiger partial charge in [0, 0.05) is 30.1 Å². The van der Waals surface area contributed by atoms with Gasteiger partial charge in [0.05, 0.1) is 18.9 Å². The van der Waals surface area contributed by atoms with Gasteiger partial charge in [-0.05, 0) is 30.0 Å². The summed E-state index contributed by atoms with van der Waals surface area (Å²) >= 11 is 1.53. The summed E-state index contributed by atoms with van der Waals surface area (Å²) in [5, 5.41) is 3.54. The van der Waals surface area contributed by atoms with Crippen molar-refractivity contribution in [3.05, 3.63) is 64.5 Å². The number of nitrogens with zero attached hydrogens (tertiary/aromatic N) is 2. The second-order valence-electron chi connectivity index (χ2n) is 8.58. The topological polar surface area (TPSA) is 63.7 Å². The van der Waals surface area contributed by atoms with E-state index in [2.05, 4.69) is 48.3 Å². The number of anilines is 1. The van der Waals surface area contributed by atoms with Gasteiger partial charge in [0.25, 0.3) is 5.91 Å². The van der Waals surface area contributed by atoms with E-state index in [0.717, 1.165) is 65.9 Å². The van der Waals surface area contributed by atoms with E-state index in [9.17, 15) is 4.79 Å². The number of benzene rings is 2. The summed E-state index contributed by atoms with van der Waals surface area (Å²) in [6.07, 6.45) is 0. The normalized spacial score (nSPS) is 14.4. The SMILES string of the molecule is Cc1ccc(C(C)C)c(OCC(=O)Nc2nc(-c3ccccc3)c(CN3CCOCC3)s2)c1. The quantitative estimate of drug-likeness (QED) is 0.502. The van der Waals surface area contributed by atoms with Crippen LogP contribution in [0.15, 0.2) is 48.5 Å². The molecule has 2 heterocycles. The zero-order valence-corrected chi connectivity index (χ0v) is 20.3. The van der Waals surface area contributed by atoms with Crippen molar-refractivity contribution in [1.29, 1.82) is 0 Å². The lowest BCUT2D eigenvalue weighted by molar-refractivity contribution is -0.118. The monoisotopic (exact) mass is 465 g/mol. The number of carbonyl (C=O) groups excluding carboxylic acids is 1. The van der Waals surface area contributed by atoms with E-state index in [1.54, 1.807) is 0 Å². The zero-order valence-electron chi connectivity index (χ0n) is 19.5. The lowest BCUT2D eigenvalue weighted by Gasteiger charge is -2.26. The lowest BCUT2D eigenvalue weighted by Crippen LogP contribution is -2.35. The van der Waals surface area contributed by atoms with E-state index in [-0.39, 0.29) is 12.5 Å². The molecule has 0 bridgehead atoms. The first-order valence-electron chi connectivity index (χ1n) is 11.4. The molecule has 0 saturated carbocycles. The Kier molecular flexibility index (Phi) is 7.75. The molecule has 1 aliphatic rings. The minimum Gasteiger partial charge on any atom is -0.483 e. The van der Waals surface area contributed by atoms with Crippen LogP contribution in [0.1, 0.15) is 35.8 Å². The average molecular weight is 466 g/mol. The highest BCUT2D eigenvalue weighted by molar-refractivity contribution is 7.16. The molecule has 1 saturated heterocycles. The van der Waals surface area contributed by atoms with Crippen molar-refractivity contribution < 1.29 is 14.3 Å². The number of hydrogen-bond donors (Lipinski definition) is 1. The molecule has 0 atom stereocenters. The summed E-state index contributed by atoms with van der Waals surface area (Å²) in [4.78, 5) is 21.0. The molecule has 0 radical (unpaired) electrons. The van der Waals surface area contributed by atoms with Crippen molar-refractivity contribution in [3.8, 4) is 17.0 Å². The number of amides is 1. The smallest absolute Gasteiger partial charge is 0.264 e. The predicted octanol–water partition coefficient (Wildman–Crippen LogP) is 5.09. The standard InChI is InChI=1S/C26H31N3O3S/c1-18(2)21-10-9-19(3)15-22(21)32-17-24(30)27-26-28-25(20-7-5-4-6-8-20)23(33-26)16-29-11-13-31-14-12-29/h4-10,15,18H,11-14,16-17H2,1-3H3,(H,27,28,30). The predicted molar refractivity (Wildman–Crippen MR) is 133 cm³/mol. The minimum atomic E-state index is -0.211. The summed E-state index contributed by atoms with van der Waals surface area (Å²) in [5.41, 5.74) is 4.18. The molecule has 2 aromatic carbocycles. The Balaban J connectivity index is 1.47. The van der Waals surface area contributed by atoms with Crippen LogP contribution < -0.4 is 10.1 Å². The van der Waals surface area contributed by atoms with Gasteiger partial charge in [0.1, 0.15) is 5.75 Å². The molecule has 1 aromatic heterocycles. The van der Waals surface area contributed by atoms with Crippen LogP contribution >= 0.6 is 11.3 Å². The maximum atomic E-state index is 12.7. The lowest BCUT2D eigenvalue weighted by atomic mass is 10.0. The van der Waals surface area contributed by atoms with Crippen molar-refractivity contribution in [2.24, 2.45) is 0 Å². The Labute approximate surface area is 199 Å². The largest absolute Gasteiger partial charge is 0.483 e. The van der Waals surface area contributed by atoms with E-state index in [4.69, 9.17) is 14.5 Å². The fraction of sp³-hybridized carbons (Fsp3) is 0.385. The highest BCUT2D eigenvalue weighted by Gasteiger charge is 2.19. The Bertz CT molecular complexity index is 1080. The number of ether oxygens (including phenoxy) is 2. The van der Waals surface area contributed by atoms with Crippen molar-refractivity contribution in [2.45, 2.75) is 33.2 Å². The van der Waals surface area contributed by atoms with E-state index >= 15 is 0 Å². The van der Waals surface area contributed by atoms with Crippen molar-refractivity contribution in [1.82, 2.24) is 9.88 Å². The summed E-state index contributed by atoms with van der Waals surface area (Å²) < 4.78 is 11.4. The summed E-state index contributed by atoms with van der Waals surface area (Å²) in [5.74, 6) is 0.869. The molecule has 1 N–H and O–H groups in total. The molecule has 7 heteroatoms. The summed E-state index contributed by atoms with van der Waals surface area (Å²) in [6.45, 7) is 10.3. The Morgan fingerprint density at radius 1 is 1.18 bits per heavy atom. The number of carbonyl (C=O) groups is 1. The molecule has 0 aliphatic carbocycles. The number of hydrogen-bond acceptors (Lipinski definition) is 6. The van der Waals surface area contributed by atoms with Crippen LogP contribution in [0.3, 0.4) is 0 Å². The maximum Gasteiger partial charge on any atom is 0.264 e. The van der Waals surface area contributed by atoms with Gasteiger partial charge in [-0.3, -0.25) is 15.0 Å². The molecule has 6 nitrogen and oxygen atoms in total. The van der Waals surface area contributed by atoms with Gasteiger partial charge in [-0.2, -0.15) is 0 Å². The molecule has 4 rings (SSSR count). The molecule has 0 unspecified atom stereocenters. The van der Waals surface area contributed by atoms with Crippen LogP contribution in [-0.2, 0) is 16.1 Å². The molecule has 3 aromatic rings. The number of thiazole rings is 1. The molecular formula is C26H31N3O3S. The molecule has 1 fully saturated rings. The van der Waals surface area contributed by atoms with E-state index in [1.807, 2.05) is 31.2 Å². The van der Waals surface area contributed by atoms with Gasteiger partial charge >= 0.3 is 0 Å². The van der Waals surface area contributed by atoms with E-state index < -0.39 is 0 Å². The van der Waals surface area contributed by atoms with Crippen LogP contribution in [0.2, 0.25) is 0 Å². The first-order chi connectivity index (χ1) is 16.0. The van der Waals surface area contributed by atoms with Crippen LogP contribution in [0, 0.1) is 6.92 Å². The molecular weight excluding hydrogens is 434 g/mol. The second kappa shape index (κ2) is 10.9. The number of aromatic nitrogens is 1. The molecule has 0 spiro atoms. The zero-order chi connectivity index (χ0) is 23.2. The van der Waals surface area contributed by atoms with E-state index in [1.165, 1.54) is 11.3 Å². The third-order valence-electron chi connectivity index (χ3n) is 5.61. The average Bonchev–Trinajstić information content (AvgIpc) is 3.20. The Morgan fingerprint density at radius 2 is 1.94 bits per heavy atom. The van der Waals surface area contributed by atoms with Crippen LogP contribution in [0.25, 0.3) is 11.3 Å². The maximum absolute atomic E-state index is 12.7. The summed E-state index contributed by atoms with van der Waals surface area (Å²) in [6, 6.07) is 16.2. The molecule has 33 heavy (non-hydrogen) atoms. The third kappa shape index (κ3) is 6.19. The van der Waals surface area contributed by atoms with Gasteiger partial charge in [-0.1, -0.05) is 67.6 Å². The van der Waals surface area contributed by atoms with Gasteiger partial charge in [0.15, 0.2) is 11.7 Å². The Hall–Kier alpha value is -2.74. The number of nitrogens with one attached hydrogen (secondary N) is 1. The highest BCUT2D eigenvalue weighted by atomic mass is 32.1. The van der Waals surface area contributed by atoms with Gasteiger partial charge < -0.3 is 9.47 Å². The third-order valence-corrected chi connectivity index (χ3v) is 6.57. The van der Waals surface area contributed by atoms with Crippen LogP contribution in [0.5, 0.6) is 5.75 Å².